The average molecular weight is 484 g/mol. The fourth-order valence-electron chi connectivity index (χ4n) is 5.50. The lowest BCUT2D eigenvalue weighted by Crippen LogP contribution is -2.44. The van der Waals surface area contributed by atoms with E-state index in [1.54, 1.807) is 12.1 Å². The topological polar surface area (TPSA) is 48.1 Å². The zero-order valence-electron chi connectivity index (χ0n) is 20.8. The van der Waals surface area contributed by atoms with Crippen LogP contribution in [-0.4, -0.2) is 34.9 Å². The number of para-hydroxylation sites is 1. The summed E-state index contributed by atoms with van der Waals surface area (Å²) in [4.78, 5) is 19.1. The standard InChI is InChI=1S/C31H34FN3O/c1-2-23-10-7-13-27-29(20-33-31(23)27)28(24-11-6-12-25(32)18-24)19-30(36)34-26-14-16-35(17-15-26)21-22-8-4-3-5-9-22/h3-13,18,20,26,28,33H,2,14-17,19,21H2,1H3,(H,34,36). The van der Waals surface area contributed by atoms with Crippen molar-refractivity contribution in [2.75, 3.05) is 13.1 Å². The van der Waals surface area contributed by atoms with Crippen LogP contribution in [0.4, 0.5) is 4.39 Å². The first-order valence-corrected chi connectivity index (χ1v) is 13.0. The van der Waals surface area contributed by atoms with Gasteiger partial charge in [0.2, 0.25) is 5.91 Å². The highest BCUT2D eigenvalue weighted by Gasteiger charge is 2.25. The summed E-state index contributed by atoms with van der Waals surface area (Å²) in [6, 6.07) is 23.6. The maximum absolute atomic E-state index is 14.2. The third-order valence-electron chi connectivity index (χ3n) is 7.43. The number of likely N-dealkylation sites (tertiary alicyclic amines) is 1. The summed E-state index contributed by atoms with van der Waals surface area (Å²) < 4.78 is 14.2. The SMILES string of the molecule is CCc1cccc2c(C(CC(=O)NC3CCN(Cc4ccccc4)CC3)c3cccc(F)c3)c[nH]c12. The lowest BCUT2D eigenvalue weighted by molar-refractivity contribution is -0.122. The molecule has 36 heavy (non-hydrogen) atoms. The summed E-state index contributed by atoms with van der Waals surface area (Å²) in [6.07, 6.45) is 5.09. The Bertz CT molecular complexity index is 1310. The van der Waals surface area contributed by atoms with Crippen LogP contribution in [0.3, 0.4) is 0 Å². The minimum Gasteiger partial charge on any atom is -0.361 e. The van der Waals surface area contributed by atoms with E-state index in [0.717, 1.165) is 60.9 Å². The highest BCUT2D eigenvalue weighted by atomic mass is 19.1. The van der Waals surface area contributed by atoms with Gasteiger partial charge in [0, 0.05) is 55.1 Å². The van der Waals surface area contributed by atoms with E-state index in [1.807, 2.05) is 18.3 Å². The Morgan fingerprint density at radius 1 is 1.06 bits per heavy atom. The molecule has 1 aliphatic rings. The molecule has 1 aromatic heterocycles. The Kier molecular flexibility index (Phi) is 7.47. The number of aromatic nitrogens is 1. The predicted molar refractivity (Wildman–Crippen MR) is 143 cm³/mol. The van der Waals surface area contributed by atoms with Gasteiger partial charge in [0.25, 0.3) is 0 Å². The van der Waals surface area contributed by atoms with Gasteiger partial charge >= 0.3 is 0 Å². The Labute approximate surface area is 212 Å². The molecule has 0 radical (unpaired) electrons. The molecule has 5 rings (SSSR count). The first kappa shape index (κ1) is 24.3. The number of halogens is 1. The van der Waals surface area contributed by atoms with E-state index in [0.29, 0.717) is 0 Å². The second-order valence-electron chi connectivity index (χ2n) is 9.85. The second-order valence-corrected chi connectivity index (χ2v) is 9.85. The molecule has 4 aromatic rings. The summed E-state index contributed by atoms with van der Waals surface area (Å²) in [5.74, 6) is -0.482. The monoisotopic (exact) mass is 483 g/mol. The normalized spacial score (nSPS) is 15.7. The van der Waals surface area contributed by atoms with E-state index in [4.69, 9.17) is 0 Å². The number of nitrogens with zero attached hydrogens (tertiary/aromatic N) is 1. The molecule has 0 spiro atoms. The molecule has 0 aliphatic carbocycles. The molecule has 4 nitrogen and oxygen atoms in total. The van der Waals surface area contributed by atoms with E-state index in [1.165, 1.54) is 17.2 Å². The van der Waals surface area contributed by atoms with Gasteiger partial charge in [0.15, 0.2) is 0 Å². The van der Waals surface area contributed by atoms with Gasteiger partial charge in [-0.05, 0) is 53.6 Å². The van der Waals surface area contributed by atoms with E-state index in [9.17, 15) is 9.18 Å². The smallest absolute Gasteiger partial charge is 0.221 e. The molecule has 0 saturated carbocycles. The van der Waals surface area contributed by atoms with Crippen molar-refractivity contribution in [3.63, 3.8) is 0 Å². The van der Waals surface area contributed by atoms with E-state index >= 15 is 0 Å². The van der Waals surface area contributed by atoms with Crippen LogP contribution < -0.4 is 5.32 Å². The Morgan fingerprint density at radius 3 is 2.58 bits per heavy atom. The largest absolute Gasteiger partial charge is 0.361 e. The molecule has 1 aliphatic heterocycles. The molecule has 1 atom stereocenters. The van der Waals surface area contributed by atoms with Gasteiger partial charge in [-0.1, -0.05) is 67.6 Å². The summed E-state index contributed by atoms with van der Waals surface area (Å²) >= 11 is 0. The number of piperidine rings is 1. The lowest BCUT2D eigenvalue weighted by atomic mass is 9.87. The van der Waals surface area contributed by atoms with Crippen molar-refractivity contribution in [3.05, 3.63) is 107 Å². The summed E-state index contributed by atoms with van der Waals surface area (Å²) in [5, 5.41) is 4.38. The summed E-state index contributed by atoms with van der Waals surface area (Å²) in [7, 11) is 0. The number of carbonyl (C=O) groups is 1. The minimum atomic E-state index is -0.280. The Balaban J connectivity index is 1.29. The van der Waals surface area contributed by atoms with Gasteiger partial charge in [-0.25, -0.2) is 4.39 Å². The number of aromatic amines is 1. The highest BCUT2D eigenvalue weighted by Crippen LogP contribution is 2.35. The Hall–Kier alpha value is -3.44. The van der Waals surface area contributed by atoms with Crippen molar-refractivity contribution in [1.82, 2.24) is 15.2 Å². The fraction of sp³-hybridized carbons (Fsp3) is 0.323. The zero-order valence-corrected chi connectivity index (χ0v) is 20.8. The van der Waals surface area contributed by atoms with Crippen LogP contribution in [0.15, 0.2) is 79.0 Å². The zero-order chi connectivity index (χ0) is 24.9. The molecule has 1 saturated heterocycles. The average Bonchev–Trinajstić information content (AvgIpc) is 3.33. The number of fused-ring (bicyclic) bond motifs is 1. The number of H-pyrrole nitrogens is 1. The number of amides is 1. The molecule has 3 aromatic carbocycles. The van der Waals surface area contributed by atoms with Crippen molar-refractivity contribution < 1.29 is 9.18 Å². The molecular weight excluding hydrogens is 449 g/mol. The van der Waals surface area contributed by atoms with Gasteiger partial charge in [-0.15, -0.1) is 0 Å². The van der Waals surface area contributed by atoms with Crippen LogP contribution in [-0.2, 0) is 17.8 Å². The van der Waals surface area contributed by atoms with Gasteiger partial charge in [0.05, 0.1) is 0 Å². The number of hydrogen-bond acceptors (Lipinski definition) is 2. The molecule has 186 valence electrons. The molecule has 2 N–H and O–H groups in total. The van der Waals surface area contributed by atoms with E-state index < -0.39 is 0 Å². The van der Waals surface area contributed by atoms with Gasteiger partial charge in [-0.2, -0.15) is 0 Å². The van der Waals surface area contributed by atoms with Gasteiger partial charge in [-0.3, -0.25) is 9.69 Å². The van der Waals surface area contributed by atoms with Crippen LogP contribution in [0.1, 0.15) is 54.4 Å². The van der Waals surface area contributed by atoms with Crippen LogP contribution in [0.25, 0.3) is 10.9 Å². The van der Waals surface area contributed by atoms with Crippen LogP contribution >= 0.6 is 0 Å². The van der Waals surface area contributed by atoms with Crippen molar-refractivity contribution in [2.45, 2.75) is 51.1 Å². The number of carbonyl (C=O) groups excluding carboxylic acids is 1. The van der Waals surface area contributed by atoms with Crippen molar-refractivity contribution in [3.8, 4) is 0 Å². The highest BCUT2D eigenvalue weighted by molar-refractivity contribution is 5.88. The lowest BCUT2D eigenvalue weighted by Gasteiger charge is -2.32. The van der Waals surface area contributed by atoms with Crippen molar-refractivity contribution in [2.24, 2.45) is 0 Å². The van der Waals surface area contributed by atoms with Gasteiger partial charge < -0.3 is 10.3 Å². The number of rotatable bonds is 8. The summed E-state index contributed by atoms with van der Waals surface area (Å²) in [6.45, 7) is 5.02. The molecule has 1 amide bonds. The van der Waals surface area contributed by atoms with Gasteiger partial charge in [0.1, 0.15) is 5.82 Å². The summed E-state index contributed by atoms with van der Waals surface area (Å²) in [5.41, 5.74) is 5.53. The molecule has 5 heteroatoms. The molecule has 0 bridgehead atoms. The molecular formula is C31H34FN3O. The second kappa shape index (κ2) is 11.1. The predicted octanol–water partition coefficient (Wildman–Crippen LogP) is 6.17. The first-order valence-electron chi connectivity index (χ1n) is 13.0. The number of aryl methyl sites for hydroxylation is 1. The van der Waals surface area contributed by atoms with Crippen LogP contribution in [0, 0.1) is 5.82 Å². The van der Waals surface area contributed by atoms with E-state index in [-0.39, 0.29) is 30.1 Å². The number of benzene rings is 3. The third-order valence-corrected chi connectivity index (χ3v) is 7.43. The quantitative estimate of drug-likeness (QED) is 0.315. The number of hydrogen-bond donors (Lipinski definition) is 2. The first-order chi connectivity index (χ1) is 17.6. The molecule has 1 fully saturated rings. The van der Waals surface area contributed by atoms with Crippen molar-refractivity contribution in [1.29, 1.82) is 0 Å². The Morgan fingerprint density at radius 2 is 1.83 bits per heavy atom. The minimum absolute atomic E-state index is 0.0202. The fourth-order valence-corrected chi connectivity index (χ4v) is 5.50. The van der Waals surface area contributed by atoms with E-state index in [2.05, 4.69) is 64.6 Å². The maximum Gasteiger partial charge on any atom is 0.221 e. The van der Waals surface area contributed by atoms with Crippen LogP contribution in [0.5, 0.6) is 0 Å². The third kappa shape index (κ3) is 5.52. The molecule has 2 heterocycles. The van der Waals surface area contributed by atoms with Crippen LogP contribution in [0.2, 0.25) is 0 Å². The number of nitrogens with one attached hydrogen (secondary N) is 2. The van der Waals surface area contributed by atoms with Crippen molar-refractivity contribution >= 4 is 16.8 Å². The molecule has 1 unspecified atom stereocenters. The maximum atomic E-state index is 14.2.